The number of halogens is 1. The van der Waals surface area contributed by atoms with Gasteiger partial charge in [0.25, 0.3) is 0 Å². The number of hydrogen-bond acceptors (Lipinski definition) is 4. The van der Waals surface area contributed by atoms with Crippen LogP contribution in [0.2, 0.25) is 0 Å². The molecule has 1 aromatic carbocycles. The first-order chi connectivity index (χ1) is 11.8. The van der Waals surface area contributed by atoms with Gasteiger partial charge in [0.2, 0.25) is 0 Å². The van der Waals surface area contributed by atoms with Gasteiger partial charge in [0, 0.05) is 19.5 Å². The molecule has 4 rings (SSSR count). The van der Waals surface area contributed by atoms with Crippen molar-refractivity contribution in [3.63, 3.8) is 0 Å². The maximum atomic E-state index is 14.0. The Morgan fingerprint density at radius 3 is 2.92 bits per heavy atom. The van der Waals surface area contributed by atoms with Crippen LogP contribution in [0, 0.1) is 17.1 Å². The highest BCUT2D eigenvalue weighted by Gasteiger charge is 2.33. The summed E-state index contributed by atoms with van der Waals surface area (Å²) in [7, 11) is 0. The number of anilines is 1. The predicted octanol–water partition coefficient (Wildman–Crippen LogP) is 3.36. The molecule has 1 fully saturated rings. The molecule has 5 nitrogen and oxygen atoms in total. The van der Waals surface area contributed by atoms with Gasteiger partial charge >= 0.3 is 0 Å². The smallest absolute Gasteiger partial charge is 0.155 e. The van der Waals surface area contributed by atoms with Crippen molar-refractivity contribution in [3.8, 4) is 6.07 Å². The summed E-state index contributed by atoms with van der Waals surface area (Å²) >= 11 is 0. The van der Waals surface area contributed by atoms with Crippen LogP contribution < -0.4 is 4.90 Å². The van der Waals surface area contributed by atoms with Crippen molar-refractivity contribution in [2.45, 2.75) is 51.1 Å². The minimum Gasteiger partial charge on any atom is -0.360 e. The maximum Gasteiger partial charge on any atom is 0.155 e. The third-order valence-electron chi connectivity index (χ3n) is 5.10. The van der Waals surface area contributed by atoms with E-state index in [1.54, 1.807) is 6.07 Å². The highest BCUT2D eigenvalue weighted by atomic mass is 19.1. The molecule has 0 bridgehead atoms. The van der Waals surface area contributed by atoms with E-state index in [1.165, 1.54) is 12.5 Å². The van der Waals surface area contributed by atoms with Gasteiger partial charge in [-0.05, 0) is 37.8 Å². The minimum atomic E-state index is -0.458. The molecule has 0 aliphatic carbocycles. The summed E-state index contributed by atoms with van der Waals surface area (Å²) in [5.74, 6) is 1.58. The first-order valence-electron chi connectivity index (χ1n) is 8.67. The highest BCUT2D eigenvalue weighted by molar-refractivity contribution is 5.61. The molecule has 24 heavy (non-hydrogen) atoms. The molecular formula is C18H20FN5. The Kier molecular flexibility index (Phi) is 3.93. The lowest BCUT2D eigenvalue weighted by atomic mass is 10.1. The summed E-state index contributed by atoms with van der Waals surface area (Å²) in [6.45, 7) is 1.77. The number of benzene rings is 1. The zero-order valence-electron chi connectivity index (χ0n) is 13.6. The van der Waals surface area contributed by atoms with Crippen LogP contribution >= 0.6 is 0 Å². The Balaban J connectivity index is 1.74. The van der Waals surface area contributed by atoms with Gasteiger partial charge < -0.3 is 9.47 Å². The van der Waals surface area contributed by atoms with Crippen LogP contribution in [-0.2, 0) is 13.0 Å². The van der Waals surface area contributed by atoms with Crippen molar-refractivity contribution >= 4 is 5.69 Å². The average molecular weight is 325 g/mol. The summed E-state index contributed by atoms with van der Waals surface area (Å²) in [5, 5.41) is 18.2. The lowest BCUT2D eigenvalue weighted by Crippen LogP contribution is -2.26. The second-order valence-corrected chi connectivity index (χ2v) is 6.53. The van der Waals surface area contributed by atoms with Crippen molar-refractivity contribution in [2.24, 2.45) is 0 Å². The van der Waals surface area contributed by atoms with Crippen LogP contribution in [0.4, 0.5) is 10.1 Å². The number of nitrogens with zero attached hydrogens (tertiary/aromatic N) is 5. The van der Waals surface area contributed by atoms with Crippen molar-refractivity contribution < 1.29 is 4.39 Å². The fourth-order valence-corrected chi connectivity index (χ4v) is 3.94. The van der Waals surface area contributed by atoms with E-state index >= 15 is 0 Å². The van der Waals surface area contributed by atoms with Crippen LogP contribution in [0.5, 0.6) is 0 Å². The van der Waals surface area contributed by atoms with Gasteiger partial charge in [0.1, 0.15) is 23.3 Å². The fourth-order valence-electron chi connectivity index (χ4n) is 3.94. The zero-order valence-corrected chi connectivity index (χ0v) is 13.6. The van der Waals surface area contributed by atoms with E-state index in [9.17, 15) is 9.65 Å². The Bertz CT molecular complexity index is 791. The normalized spacial score (nSPS) is 20.5. The molecule has 2 aromatic rings. The zero-order chi connectivity index (χ0) is 16.5. The number of aromatic nitrogens is 3. The largest absolute Gasteiger partial charge is 0.360 e. The molecule has 0 radical (unpaired) electrons. The van der Waals surface area contributed by atoms with Crippen molar-refractivity contribution in [1.82, 2.24) is 14.8 Å². The van der Waals surface area contributed by atoms with Gasteiger partial charge in [0.05, 0.1) is 11.7 Å². The minimum absolute atomic E-state index is 0.0678. The second-order valence-electron chi connectivity index (χ2n) is 6.53. The summed E-state index contributed by atoms with van der Waals surface area (Å²) in [6, 6.07) is 6.94. The molecule has 1 aromatic heterocycles. The molecule has 0 amide bonds. The molecule has 1 atom stereocenters. The van der Waals surface area contributed by atoms with E-state index in [2.05, 4.69) is 19.7 Å². The van der Waals surface area contributed by atoms with Gasteiger partial charge in [-0.15, -0.1) is 10.2 Å². The number of fused-ring (bicyclic) bond motifs is 1. The molecule has 1 saturated heterocycles. The quantitative estimate of drug-likeness (QED) is 0.849. The Morgan fingerprint density at radius 2 is 2.04 bits per heavy atom. The summed E-state index contributed by atoms with van der Waals surface area (Å²) in [4.78, 5) is 2.13. The van der Waals surface area contributed by atoms with E-state index < -0.39 is 5.82 Å². The number of aryl methyl sites for hydroxylation is 1. The number of hydrogen-bond donors (Lipinski definition) is 0. The highest BCUT2D eigenvalue weighted by Crippen LogP contribution is 2.38. The van der Waals surface area contributed by atoms with Crippen LogP contribution in [0.15, 0.2) is 18.2 Å². The third kappa shape index (κ3) is 2.44. The second kappa shape index (κ2) is 6.23. The van der Waals surface area contributed by atoms with E-state index in [1.807, 2.05) is 12.1 Å². The van der Waals surface area contributed by atoms with E-state index in [4.69, 9.17) is 0 Å². The Hall–Kier alpha value is -2.42. The summed E-state index contributed by atoms with van der Waals surface area (Å²) in [5.41, 5.74) is 0.797. The first-order valence-corrected chi connectivity index (χ1v) is 8.67. The van der Waals surface area contributed by atoms with Gasteiger partial charge in [-0.3, -0.25) is 0 Å². The summed E-state index contributed by atoms with van der Waals surface area (Å²) < 4.78 is 16.3. The predicted molar refractivity (Wildman–Crippen MR) is 88.0 cm³/mol. The molecule has 2 aliphatic rings. The lowest BCUT2D eigenvalue weighted by molar-refractivity contribution is 0.558. The summed E-state index contributed by atoms with van der Waals surface area (Å²) in [6.07, 6.45) is 6.47. The monoisotopic (exact) mass is 325 g/mol. The molecule has 2 aliphatic heterocycles. The van der Waals surface area contributed by atoms with Gasteiger partial charge in [-0.25, -0.2) is 4.39 Å². The van der Waals surface area contributed by atoms with Crippen molar-refractivity contribution in [1.29, 1.82) is 5.26 Å². The lowest BCUT2D eigenvalue weighted by Gasteiger charge is -2.27. The molecule has 0 spiro atoms. The standard InChI is InChI=1S/C18H20FN5/c19-14-6-4-7-15(13(14)12-20)23-11-5-8-16(23)18-22-21-17-9-2-1-3-10-24(17)18/h4,6-7,16H,1-3,5,8-11H2. The van der Waals surface area contributed by atoms with Gasteiger partial charge in [-0.1, -0.05) is 12.5 Å². The van der Waals surface area contributed by atoms with Crippen molar-refractivity contribution in [3.05, 3.63) is 41.2 Å². The maximum absolute atomic E-state index is 14.0. The van der Waals surface area contributed by atoms with Gasteiger partial charge in [-0.2, -0.15) is 5.26 Å². The van der Waals surface area contributed by atoms with Crippen molar-refractivity contribution in [2.75, 3.05) is 11.4 Å². The SMILES string of the molecule is N#Cc1c(F)cccc1N1CCCC1c1nnc2n1CCCCC2. The molecule has 0 N–H and O–H groups in total. The first kappa shape index (κ1) is 15.1. The number of rotatable bonds is 2. The molecule has 124 valence electrons. The molecule has 3 heterocycles. The van der Waals surface area contributed by atoms with Crippen LogP contribution in [0.1, 0.15) is 55.4 Å². The molecule has 0 saturated carbocycles. The topological polar surface area (TPSA) is 57.7 Å². The molecular weight excluding hydrogens is 305 g/mol. The van der Waals surface area contributed by atoms with E-state index in [-0.39, 0.29) is 11.6 Å². The van der Waals surface area contributed by atoms with E-state index in [0.29, 0.717) is 5.69 Å². The van der Waals surface area contributed by atoms with E-state index in [0.717, 1.165) is 56.8 Å². The van der Waals surface area contributed by atoms with Crippen LogP contribution in [-0.4, -0.2) is 21.3 Å². The van der Waals surface area contributed by atoms with Crippen LogP contribution in [0.3, 0.4) is 0 Å². The molecule has 6 heteroatoms. The fraction of sp³-hybridized carbons (Fsp3) is 0.500. The van der Waals surface area contributed by atoms with Crippen LogP contribution in [0.25, 0.3) is 0 Å². The van der Waals surface area contributed by atoms with Gasteiger partial charge in [0.15, 0.2) is 5.82 Å². The third-order valence-corrected chi connectivity index (χ3v) is 5.10. The average Bonchev–Trinajstić information content (AvgIpc) is 3.15. The molecule has 1 unspecified atom stereocenters. The number of nitriles is 1. The Labute approximate surface area is 140 Å². The Morgan fingerprint density at radius 1 is 1.12 bits per heavy atom.